The Bertz CT molecular complexity index is 302. The lowest BCUT2D eigenvalue weighted by molar-refractivity contribution is 0.0261. The van der Waals surface area contributed by atoms with Gasteiger partial charge in [0.05, 0.1) is 6.04 Å². The molecule has 0 bridgehead atoms. The fraction of sp³-hybridized carbons (Fsp3) is 0.692. The van der Waals surface area contributed by atoms with E-state index < -0.39 is 5.60 Å². The molecule has 3 N–H and O–H groups in total. The van der Waals surface area contributed by atoms with E-state index in [1.807, 2.05) is 32.9 Å². The van der Waals surface area contributed by atoms with E-state index in [-0.39, 0.29) is 12.0 Å². The molecule has 0 aliphatic heterocycles. The van der Waals surface area contributed by atoms with Crippen LogP contribution < -0.4 is 5.73 Å². The molecule has 0 heterocycles. The smallest absolute Gasteiger partial charge is 0.104 e. The van der Waals surface area contributed by atoms with Crippen LogP contribution in [0.1, 0.15) is 34.6 Å². The summed E-state index contributed by atoms with van der Waals surface area (Å²) in [5.74, 6) is 0.594. The molecule has 2 atom stereocenters. The highest BCUT2D eigenvalue weighted by Crippen LogP contribution is 2.34. The predicted octanol–water partition coefficient (Wildman–Crippen LogP) is 2.24. The van der Waals surface area contributed by atoms with E-state index in [9.17, 15) is 5.11 Å². The molecule has 15 heavy (non-hydrogen) atoms. The maximum absolute atomic E-state index is 10.4. The quantitative estimate of drug-likeness (QED) is 0.732. The number of hydrogen-bond acceptors (Lipinski definition) is 2. The van der Waals surface area contributed by atoms with Crippen LogP contribution in [-0.2, 0) is 0 Å². The molecule has 0 aromatic carbocycles. The summed E-state index contributed by atoms with van der Waals surface area (Å²) >= 11 is 0. The molecule has 0 spiro atoms. The Labute approximate surface area is 92.9 Å². The normalized spacial score (nSPS) is 31.9. The van der Waals surface area contributed by atoms with E-state index in [1.165, 1.54) is 5.57 Å². The van der Waals surface area contributed by atoms with E-state index in [4.69, 9.17) is 5.73 Å². The van der Waals surface area contributed by atoms with Gasteiger partial charge in [-0.25, -0.2) is 0 Å². The van der Waals surface area contributed by atoms with Crippen LogP contribution >= 0.6 is 0 Å². The minimum Gasteiger partial charge on any atom is -0.384 e. The van der Waals surface area contributed by atoms with Crippen molar-refractivity contribution in [1.29, 1.82) is 0 Å². The highest BCUT2D eigenvalue weighted by atomic mass is 16.3. The molecule has 2 nitrogen and oxygen atoms in total. The van der Waals surface area contributed by atoms with Crippen LogP contribution in [0.15, 0.2) is 23.3 Å². The van der Waals surface area contributed by atoms with Crippen LogP contribution in [-0.4, -0.2) is 16.7 Å². The first-order chi connectivity index (χ1) is 6.80. The SMILES string of the molecule is CC1=C(C(C)C)C=CC(O)(C(C)C)C1N. The van der Waals surface area contributed by atoms with Gasteiger partial charge in [-0.2, -0.15) is 0 Å². The van der Waals surface area contributed by atoms with E-state index in [2.05, 4.69) is 13.8 Å². The lowest BCUT2D eigenvalue weighted by atomic mass is 9.74. The van der Waals surface area contributed by atoms with Crippen molar-refractivity contribution >= 4 is 0 Å². The zero-order valence-corrected chi connectivity index (χ0v) is 10.4. The van der Waals surface area contributed by atoms with Crippen molar-refractivity contribution in [3.8, 4) is 0 Å². The monoisotopic (exact) mass is 209 g/mol. The first-order valence-electron chi connectivity index (χ1n) is 5.68. The van der Waals surface area contributed by atoms with Gasteiger partial charge in [-0.3, -0.25) is 0 Å². The maximum Gasteiger partial charge on any atom is 0.104 e. The fourth-order valence-electron chi connectivity index (χ4n) is 2.18. The van der Waals surface area contributed by atoms with E-state index in [0.29, 0.717) is 5.92 Å². The van der Waals surface area contributed by atoms with Gasteiger partial charge in [0.2, 0.25) is 0 Å². The van der Waals surface area contributed by atoms with Crippen LogP contribution in [0.4, 0.5) is 0 Å². The Morgan fingerprint density at radius 2 is 1.87 bits per heavy atom. The topological polar surface area (TPSA) is 46.2 Å². The third-order valence-corrected chi connectivity index (χ3v) is 3.50. The number of nitrogens with two attached hydrogens (primary N) is 1. The minimum atomic E-state index is -0.886. The standard InChI is InChI=1S/C13H23NO/c1-8(2)11-6-7-13(15,9(3)4)12(14)10(11)5/h6-9,12,15H,14H2,1-5H3. The molecule has 0 aromatic heterocycles. The fourth-order valence-corrected chi connectivity index (χ4v) is 2.18. The number of rotatable bonds is 2. The summed E-state index contributed by atoms with van der Waals surface area (Å²) in [7, 11) is 0. The van der Waals surface area contributed by atoms with Gasteiger partial charge in [-0.15, -0.1) is 0 Å². The van der Waals surface area contributed by atoms with Gasteiger partial charge in [0.1, 0.15) is 5.60 Å². The van der Waals surface area contributed by atoms with Gasteiger partial charge < -0.3 is 10.8 Å². The lowest BCUT2D eigenvalue weighted by Crippen LogP contribution is -2.52. The van der Waals surface area contributed by atoms with Gasteiger partial charge in [-0.1, -0.05) is 39.8 Å². The highest BCUT2D eigenvalue weighted by Gasteiger charge is 2.39. The van der Waals surface area contributed by atoms with Crippen LogP contribution in [0.3, 0.4) is 0 Å². The average Bonchev–Trinajstić information content (AvgIpc) is 2.13. The molecule has 0 saturated heterocycles. The van der Waals surface area contributed by atoms with Gasteiger partial charge in [0.15, 0.2) is 0 Å². The van der Waals surface area contributed by atoms with Gasteiger partial charge in [-0.05, 0) is 29.9 Å². The zero-order chi connectivity index (χ0) is 11.8. The second kappa shape index (κ2) is 4.11. The molecule has 0 aromatic rings. The molecule has 0 amide bonds. The van der Waals surface area contributed by atoms with Crippen LogP contribution in [0.5, 0.6) is 0 Å². The molecule has 1 aliphatic carbocycles. The Kier molecular flexibility index (Phi) is 3.41. The average molecular weight is 209 g/mol. The van der Waals surface area contributed by atoms with Gasteiger partial charge in [0, 0.05) is 0 Å². The summed E-state index contributed by atoms with van der Waals surface area (Å²) < 4.78 is 0. The number of hydrogen-bond donors (Lipinski definition) is 2. The number of allylic oxidation sites excluding steroid dienone is 2. The summed E-state index contributed by atoms with van der Waals surface area (Å²) in [5, 5.41) is 10.4. The van der Waals surface area contributed by atoms with Gasteiger partial charge >= 0.3 is 0 Å². The first kappa shape index (κ1) is 12.5. The Hall–Kier alpha value is -0.600. The molecule has 2 heteroatoms. The van der Waals surface area contributed by atoms with Crippen LogP contribution in [0.25, 0.3) is 0 Å². The Balaban J connectivity index is 3.09. The molecule has 0 saturated carbocycles. The van der Waals surface area contributed by atoms with Crippen molar-refractivity contribution in [3.05, 3.63) is 23.3 Å². The minimum absolute atomic E-state index is 0.132. The molecule has 86 valence electrons. The van der Waals surface area contributed by atoms with Crippen molar-refractivity contribution < 1.29 is 5.11 Å². The third-order valence-electron chi connectivity index (χ3n) is 3.50. The summed E-state index contributed by atoms with van der Waals surface area (Å²) in [5.41, 5.74) is 7.61. The molecular formula is C13H23NO. The summed E-state index contributed by atoms with van der Waals surface area (Å²) in [6.07, 6.45) is 3.90. The van der Waals surface area contributed by atoms with Crippen LogP contribution in [0, 0.1) is 11.8 Å². The van der Waals surface area contributed by atoms with Crippen molar-refractivity contribution in [2.24, 2.45) is 17.6 Å². The number of aliphatic hydroxyl groups is 1. The van der Waals surface area contributed by atoms with Crippen molar-refractivity contribution in [1.82, 2.24) is 0 Å². The van der Waals surface area contributed by atoms with Crippen LogP contribution in [0.2, 0.25) is 0 Å². The highest BCUT2D eigenvalue weighted by molar-refractivity contribution is 5.39. The van der Waals surface area contributed by atoms with Crippen molar-refractivity contribution in [2.75, 3.05) is 0 Å². The summed E-state index contributed by atoms with van der Waals surface area (Å²) in [6.45, 7) is 10.3. The molecule has 0 radical (unpaired) electrons. The van der Waals surface area contributed by atoms with E-state index in [1.54, 1.807) is 0 Å². The second-order valence-corrected chi connectivity index (χ2v) is 5.15. The second-order valence-electron chi connectivity index (χ2n) is 5.15. The maximum atomic E-state index is 10.4. The molecule has 1 rings (SSSR count). The lowest BCUT2D eigenvalue weighted by Gasteiger charge is -2.39. The zero-order valence-electron chi connectivity index (χ0n) is 10.4. The third kappa shape index (κ3) is 2.01. The predicted molar refractivity (Wildman–Crippen MR) is 64.4 cm³/mol. The molecule has 0 fully saturated rings. The van der Waals surface area contributed by atoms with Crippen molar-refractivity contribution in [3.63, 3.8) is 0 Å². The Morgan fingerprint density at radius 3 is 2.27 bits per heavy atom. The first-order valence-corrected chi connectivity index (χ1v) is 5.68. The summed E-state index contributed by atoms with van der Waals surface area (Å²) in [4.78, 5) is 0. The van der Waals surface area contributed by atoms with Gasteiger partial charge in [0.25, 0.3) is 0 Å². The Morgan fingerprint density at radius 1 is 1.33 bits per heavy atom. The van der Waals surface area contributed by atoms with Crippen molar-refractivity contribution in [2.45, 2.75) is 46.3 Å². The molecular weight excluding hydrogens is 186 g/mol. The molecule has 2 unspecified atom stereocenters. The molecule has 1 aliphatic rings. The summed E-state index contributed by atoms with van der Waals surface area (Å²) in [6, 6.07) is -0.278. The van der Waals surface area contributed by atoms with E-state index in [0.717, 1.165) is 5.57 Å². The van der Waals surface area contributed by atoms with E-state index >= 15 is 0 Å². The largest absolute Gasteiger partial charge is 0.384 e.